The Morgan fingerprint density at radius 1 is 0.611 bits per heavy atom. The maximum absolute atomic E-state index is 12.2. The molecule has 0 aromatic heterocycles. The zero-order valence-corrected chi connectivity index (χ0v) is 22.5. The van der Waals surface area contributed by atoms with Gasteiger partial charge in [0.25, 0.3) is 11.8 Å². The van der Waals surface area contributed by atoms with Crippen molar-refractivity contribution in [1.82, 2.24) is 10.6 Å². The molecule has 6 nitrogen and oxygen atoms in total. The second kappa shape index (κ2) is 16.6. The average Bonchev–Trinajstić information content (AvgIpc) is 2.90. The molecular formula is C30H44N2O4. The topological polar surface area (TPSA) is 76.7 Å². The highest BCUT2D eigenvalue weighted by molar-refractivity contribution is 5.81. The summed E-state index contributed by atoms with van der Waals surface area (Å²) in [7, 11) is 0. The summed E-state index contributed by atoms with van der Waals surface area (Å²) in [5, 5.41) is 5.92. The molecule has 2 N–H and O–H groups in total. The number of hydrogen-bond acceptors (Lipinski definition) is 4. The van der Waals surface area contributed by atoms with Gasteiger partial charge in [-0.3, -0.25) is 9.59 Å². The van der Waals surface area contributed by atoms with Crippen molar-refractivity contribution in [2.24, 2.45) is 0 Å². The van der Waals surface area contributed by atoms with Crippen LogP contribution in [0.4, 0.5) is 0 Å². The van der Waals surface area contributed by atoms with Crippen LogP contribution in [0.25, 0.3) is 0 Å². The molecule has 6 heteroatoms. The molecule has 0 bridgehead atoms. The van der Waals surface area contributed by atoms with E-state index in [2.05, 4.69) is 24.5 Å². The maximum Gasteiger partial charge on any atom is 0.260 e. The summed E-state index contributed by atoms with van der Waals surface area (Å²) in [5.41, 5.74) is 2.50. The third kappa shape index (κ3) is 11.1. The van der Waals surface area contributed by atoms with Gasteiger partial charge in [-0.05, 0) is 74.9 Å². The molecule has 0 aliphatic carbocycles. The summed E-state index contributed by atoms with van der Waals surface area (Å²) in [6.45, 7) is 9.10. The molecule has 198 valence electrons. The van der Waals surface area contributed by atoms with Crippen LogP contribution in [0.5, 0.6) is 11.5 Å². The van der Waals surface area contributed by atoms with Gasteiger partial charge in [0.1, 0.15) is 11.5 Å². The lowest BCUT2D eigenvalue weighted by molar-refractivity contribution is -0.127. The molecule has 0 aliphatic heterocycles. The van der Waals surface area contributed by atoms with Crippen molar-refractivity contribution in [3.8, 4) is 11.5 Å². The number of aryl methyl sites for hydroxylation is 2. The molecule has 0 fully saturated rings. The fourth-order valence-corrected chi connectivity index (χ4v) is 3.79. The van der Waals surface area contributed by atoms with E-state index in [1.165, 1.54) is 11.1 Å². The molecule has 0 heterocycles. The molecule has 0 radical (unpaired) electrons. The molecule has 0 saturated carbocycles. The lowest BCUT2D eigenvalue weighted by Crippen LogP contribution is -2.36. The van der Waals surface area contributed by atoms with Crippen LogP contribution in [0.2, 0.25) is 0 Å². The number of amides is 2. The van der Waals surface area contributed by atoms with Crippen LogP contribution in [0.1, 0.15) is 77.3 Å². The minimum absolute atomic E-state index is 0.0820. The van der Waals surface area contributed by atoms with Crippen molar-refractivity contribution >= 4 is 11.8 Å². The van der Waals surface area contributed by atoms with Gasteiger partial charge in [-0.1, -0.05) is 63.8 Å². The van der Waals surface area contributed by atoms with Crippen LogP contribution in [-0.2, 0) is 22.4 Å². The number of ether oxygens (including phenoxy) is 2. The van der Waals surface area contributed by atoms with Gasteiger partial charge in [-0.25, -0.2) is 0 Å². The molecule has 2 aromatic carbocycles. The number of carbonyl (C=O) groups excluding carboxylic acids is 2. The van der Waals surface area contributed by atoms with Gasteiger partial charge in [-0.15, -0.1) is 0 Å². The first-order chi connectivity index (χ1) is 17.4. The summed E-state index contributed by atoms with van der Waals surface area (Å²) in [6, 6.07) is 15.7. The van der Waals surface area contributed by atoms with Crippen molar-refractivity contribution in [2.75, 3.05) is 13.1 Å². The van der Waals surface area contributed by atoms with E-state index in [4.69, 9.17) is 9.47 Å². The van der Waals surface area contributed by atoms with E-state index in [-0.39, 0.29) is 11.8 Å². The molecular weight excluding hydrogens is 452 g/mol. The number of hydrogen-bond donors (Lipinski definition) is 2. The van der Waals surface area contributed by atoms with E-state index in [0.717, 1.165) is 62.9 Å². The number of benzene rings is 2. The number of unbranched alkanes of at least 4 members (excludes halogenated alkanes) is 5. The van der Waals surface area contributed by atoms with E-state index >= 15 is 0 Å². The fraction of sp³-hybridized carbons (Fsp3) is 0.533. The van der Waals surface area contributed by atoms with E-state index in [1.807, 2.05) is 48.5 Å². The minimum Gasteiger partial charge on any atom is -0.481 e. The smallest absolute Gasteiger partial charge is 0.260 e. The number of rotatable bonds is 17. The van der Waals surface area contributed by atoms with Crippen LogP contribution in [0, 0.1) is 0 Å². The average molecular weight is 497 g/mol. The van der Waals surface area contributed by atoms with Crippen molar-refractivity contribution in [3.05, 3.63) is 59.7 Å². The van der Waals surface area contributed by atoms with Crippen LogP contribution in [0.15, 0.2) is 48.5 Å². The summed E-state index contributed by atoms with van der Waals surface area (Å²) in [4.78, 5) is 24.5. The highest BCUT2D eigenvalue weighted by Gasteiger charge is 2.15. The zero-order chi connectivity index (χ0) is 26.2. The van der Waals surface area contributed by atoms with E-state index in [9.17, 15) is 9.59 Å². The van der Waals surface area contributed by atoms with Crippen LogP contribution < -0.4 is 20.1 Å². The van der Waals surface area contributed by atoms with Gasteiger partial charge in [0.2, 0.25) is 0 Å². The molecule has 0 saturated heterocycles. The van der Waals surface area contributed by atoms with Crippen LogP contribution in [0.3, 0.4) is 0 Å². The third-order valence-corrected chi connectivity index (χ3v) is 6.23. The molecule has 2 aromatic rings. The zero-order valence-electron chi connectivity index (χ0n) is 22.5. The Morgan fingerprint density at radius 3 is 1.28 bits per heavy atom. The Labute approximate surface area is 217 Å². The van der Waals surface area contributed by atoms with Crippen molar-refractivity contribution in [2.45, 2.75) is 91.3 Å². The predicted molar refractivity (Wildman–Crippen MR) is 146 cm³/mol. The molecule has 0 spiro atoms. The Bertz CT molecular complexity index is 821. The highest BCUT2D eigenvalue weighted by Crippen LogP contribution is 2.15. The summed E-state index contributed by atoms with van der Waals surface area (Å²) in [6.07, 6.45) is 7.23. The lowest BCUT2D eigenvalue weighted by Gasteiger charge is -2.15. The Kier molecular flexibility index (Phi) is 13.5. The monoisotopic (exact) mass is 496 g/mol. The maximum atomic E-state index is 12.2. The summed E-state index contributed by atoms with van der Waals surface area (Å²) < 4.78 is 11.5. The molecule has 36 heavy (non-hydrogen) atoms. The summed E-state index contributed by atoms with van der Waals surface area (Å²) in [5.74, 6) is 1.27. The third-order valence-electron chi connectivity index (χ3n) is 6.23. The van der Waals surface area contributed by atoms with Crippen LogP contribution in [-0.4, -0.2) is 37.1 Å². The second-order valence-electron chi connectivity index (χ2n) is 9.22. The highest BCUT2D eigenvalue weighted by atomic mass is 16.5. The first-order valence-electron chi connectivity index (χ1n) is 13.5. The standard InChI is InChI=1S/C30H44N2O4/c1-5-25-13-17-27(18-14-25)35-23(3)29(33)31-21-11-9-7-8-10-12-22-32-30(34)24(4)36-28-19-15-26(6-2)16-20-28/h13-20,23-24H,5-12,21-22H2,1-4H3,(H,31,33)(H,32,34). The van der Waals surface area contributed by atoms with Gasteiger partial charge >= 0.3 is 0 Å². The van der Waals surface area contributed by atoms with Gasteiger partial charge in [0.15, 0.2) is 12.2 Å². The van der Waals surface area contributed by atoms with E-state index in [0.29, 0.717) is 13.1 Å². The SMILES string of the molecule is CCc1ccc(OC(C)C(=O)NCCCCCCCCNC(=O)C(C)Oc2ccc(CC)cc2)cc1. The molecule has 0 aliphatic rings. The molecule has 2 unspecified atom stereocenters. The normalized spacial score (nSPS) is 12.4. The first kappa shape index (κ1) is 29.2. The molecule has 2 rings (SSSR count). The van der Waals surface area contributed by atoms with E-state index in [1.54, 1.807) is 13.8 Å². The summed E-state index contributed by atoms with van der Waals surface area (Å²) >= 11 is 0. The lowest BCUT2D eigenvalue weighted by atomic mass is 10.1. The molecule has 2 atom stereocenters. The molecule has 2 amide bonds. The number of nitrogens with one attached hydrogen (secondary N) is 2. The predicted octanol–water partition coefficient (Wildman–Crippen LogP) is 5.62. The Balaban J connectivity index is 1.45. The second-order valence-corrected chi connectivity index (χ2v) is 9.22. The first-order valence-corrected chi connectivity index (χ1v) is 13.5. The minimum atomic E-state index is -0.512. The van der Waals surface area contributed by atoms with E-state index < -0.39 is 12.2 Å². The largest absolute Gasteiger partial charge is 0.481 e. The van der Waals surface area contributed by atoms with Crippen molar-refractivity contribution in [1.29, 1.82) is 0 Å². The fourth-order valence-electron chi connectivity index (χ4n) is 3.79. The van der Waals surface area contributed by atoms with Crippen molar-refractivity contribution in [3.63, 3.8) is 0 Å². The van der Waals surface area contributed by atoms with Gasteiger partial charge < -0.3 is 20.1 Å². The quantitative estimate of drug-likeness (QED) is 0.279. The van der Waals surface area contributed by atoms with Gasteiger partial charge in [-0.2, -0.15) is 0 Å². The van der Waals surface area contributed by atoms with Gasteiger partial charge in [0, 0.05) is 13.1 Å². The Morgan fingerprint density at radius 2 is 0.944 bits per heavy atom. The van der Waals surface area contributed by atoms with Gasteiger partial charge in [0.05, 0.1) is 0 Å². The Hall–Kier alpha value is -3.02. The van der Waals surface area contributed by atoms with Crippen LogP contribution >= 0.6 is 0 Å². The number of carbonyl (C=O) groups is 2. The van der Waals surface area contributed by atoms with Crippen molar-refractivity contribution < 1.29 is 19.1 Å².